The Hall–Kier alpha value is -3.20. The van der Waals surface area contributed by atoms with Gasteiger partial charge in [0.25, 0.3) is 5.91 Å². The molecule has 146 valence electrons. The highest BCUT2D eigenvalue weighted by Crippen LogP contribution is 2.36. The number of nitrogens with zero attached hydrogens (tertiary/aromatic N) is 1. The standard InChI is InChI=1S/C19H18F3N5O/c20-19(21,22)14-6-2-1-5-13(14)15-7-8-17-24-11-16(27(17)26-15)18(28)25-12-4-3-9-23-10-12/h1-9,11,15,17,23-24,26H,10H2,(H,25,28). The first kappa shape index (κ1) is 18.2. The lowest BCUT2D eigenvalue weighted by Gasteiger charge is -2.35. The largest absolute Gasteiger partial charge is 0.416 e. The van der Waals surface area contributed by atoms with E-state index < -0.39 is 17.8 Å². The maximum absolute atomic E-state index is 13.4. The molecule has 0 radical (unpaired) electrons. The second-order valence-corrected chi connectivity index (χ2v) is 6.47. The first-order valence-corrected chi connectivity index (χ1v) is 8.70. The Bertz CT molecular complexity index is 903. The number of hydrazine groups is 1. The van der Waals surface area contributed by atoms with Crippen molar-refractivity contribution in [3.63, 3.8) is 0 Å². The fourth-order valence-electron chi connectivity index (χ4n) is 3.29. The van der Waals surface area contributed by atoms with Gasteiger partial charge in [-0.15, -0.1) is 0 Å². The van der Waals surface area contributed by atoms with E-state index in [9.17, 15) is 18.0 Å². The number of amides is 1. The summed E-state index contributed by atoms with van der Waals surface area (Å²) in [5.41, 5.74) is 3.40. The minimum absolute atomic E-state index is 0.0979. The van der Waals surface area contributed by atoms with Gasteiger partial charge in [0, 0.05) is 11.9 Å². The SMILES string of the molecule is O=C(NC1=CC=CNC1)C1=CNC2C=CC(c3ccccc3C(F)(F)F)NN12. The highest BCUT2D eigenvalue weighted by molar-refractivity contribution is 5.94. The van der Waals surface area contributed by atoms with Gasteiger partial charge in [0.15, 0.2) is 0 Å². The molecule has 1 aromatic rings. The van der Waals surface area contributed by atoms with Crippen molar-refractivity contribution in [2.24, 2.45) is 0 Å². The number of allylic oxidation sites excluding steroid dienone is 2. The van der Waals surface area contributed by atoms with Crippen molar-refractivity contribution in [2.75, 3.05) is 6.54 Å². The molecule has 2 unspecified atom stereocenters. The molecule has 9 heteroatoms. The molecular weight excluding hydrogens is 371 g/mol. The smallest absolute Gasteiger partial charge is 0.385 e. The van der Waals surface area contributed by atoms with E-state index in [4.69, 9.17) is 0 Å². The minimum atomic E-state index is -4.46. The third-order valence-corrected chi connectivity index (χ3v) is 4.60. The zero-order chi connectivity index (χ0) is 19.7. The maximum atomic E-state index is 13.4. The molecule has 1 amide bonds. The molecule has 0 bridgehead atoms. The van der Waals surface area contributed by atoms with Crippen LogP contribution in [0.25, 0.3) is 0 Å². The van der Waals surface area contributed by atoms with Crippen LogP contribution in [-0.4, -0.2) is 23.6 Å². The molecule has 3 heterocycles. The number of fused-ring (bicyclic) bond motifs is 1. The van der Waals surface area contributed by atoms with Crippen LogP contribution in [0, 0.1) is 0 Å². The topological polar surface area (TPSA) is 68.4 Å². The lowest BCUT2D eigenvalue weighted by atomic mass is 9.99. The summed E-state index contributed by atoms with van der Waals surface area (Å²) in [4.78, 5) is 12.6. The number of dihydropyridines is 1. The summed E-state index contributed by atoms with van der Waals surface area (Å²) in [7, 11) is 0. The Labute approximate surface area is 159 Å². The molecule has 3 aliphatic heterocycles. The van der Waals surface area contributed by atoms with Crippen LogP contribution in [0.2, 0.25) is 0 Å². The van der Waals surface area contributed by atoms with Gasteiger partial charge in [0.05, 0.1) is 18.2 Å². The number of alkyl halides is 3. The molecule has 3 aliphatic rings. The number of halogens is 3. The van der Waals surface area contributed by atoms with E-state index in [1.165, 1.54) is 12.1 Å². The molecular formula is C19H18F3N5O. The van der Waals surface area contributed by atoms with E-state index in [0.29, 0.717) is 17.9 Å². The number of carbonyl (C=O) groups excluding carboxylic acids is 1. The highest BCUT2D eigenvalue weighted by Gasteiger charge is 2.38. The maximum Gasteiger partial charge on any atom is 0.416 e. The molecule has 4 N–H and O–H groups in total. The van der Waals surface area contributed by atoms with Crippen LogP contribution in [0.1, 0.15) is 17.2 Å². The fraction of sp³-hybridized carbons (Fsp3) is 0.211. The Morgan fingerprint density at radius 1 is 1.21 bits per heavy atom. The van der Waals surface area contributed by atoms with E-state index in [-0.39, 0.29) is 17.6 Å². The van der Waals surface area contributed by atoms with Crippen LogP contribution in [0.5, 0.6) is 0 Å². The van der Waals surface area contributed by atoms with Gasteiger partial charge in [-0.1, -0.05) is 24.3 Å². The second-order valence-electron chi connectivity index (χ2n) is 6.47. The predicted octanol–water partition coefficient (Wildman–Crippen LogP) is 2.01. The summed E-state index contributed by atoms with van der Waals surface area (Å²) >= 11 is 0. The monoisotopic (exact) mass is 389 g/mol. The molecule has 28 heavy (non-hydrogen) atoms. The number of benzene rings is 1. The van der Waals surface area contributed by atoms with Crippen molar-refractivity contribution in [3.05, 3.63) is 83.5 Å². The average Bonchev–Trinajstić information content (AvgIpc) is 3.11. The number of hydrogen-bond donors (Lipinski definition) is 4. The van der Waals surface area contributed by atoms with Crippen molar-refractivity contribution in [2.45, 2.75) is 18.4 Å². The minimum Gasteiger partial charge on any atom is -0.385 e. The molecule has 2 atom stereocenters. The lowest BCUT2D eigenvalue weighted by molar-refractivity contribution is -0.138. The molecule has 0 spiro atoms. The summed E-state index contributed by atoms with van der Waals surface area (Å²) < 4.78 is 40.1. The molecule has 6 nitrogen and oxygen atoms in total. The molecule has 0 aliphatic carbocycles. The predicted molar refractivity (Wildman–Crippen MR) is 96.7 cm³/mol. The van der Waals surface area contributed by atoms with Crippen molar-refractivity contribution in [1.29, 1.82) is 0 Å². The third kappa shape index (κ3) is 3.48. The molecule has 0 fully saturated rings. The van der Waals surface area contributed by atoms with Gasteiger partial charge in [-0.05, 0) is 36.1 Å². The van der Waals surface area contributed by atoms with Crippen LogP contribution in [0.15, 0.2) is 72.4 Å². The molecule has 0 aromatic heterocycles. The van der Waals surface area contributed by atoms with E-state index in [2.05, 4.69) is 21.4 Å². The quantitative estimate of drug-likeness (QED) is 0.596. The van der Waals surface area contributed by atoms with Gasteiger partial charge < -0.3 is 16.0 Å². The van der Waals surface area contributed by atoms with E-state index >= 15 is 0 Å². The van der Waals surface area contributed by atoms with Gasteiger partial charge >= 0.3 is 6.18 Å². The van der Waals surface area contributed by atoms with Crippen LogP contribution < -0.4 is 21.4 Å². The summed E-state index contributed by atoms with van der Waals surface area (Å²) in [6, 6.07) is 4.69. The van der Waals surface area contributed by atoms with Crippen LogP contribution in [-0.2, 0) is 11.0 Å². The number of nitrogens with one attached hydrogen (secondary N) is 4. The molecule has 0 saturated carbocycles. The first-order chi connectivity index (χ1) is 13.4. The van der Waals surface area contributed by atoms with Gasteiger partial charge in [0.1, 0.15) is 11.9 Å². The summed E-state index contributed by atoms with van der Waals surface area (Å²) in [5, 5.41) is 10.4. The van der Waals surface area contributed by atoms with Crippen LogP contribution in [0.3, 0.4) is 0 Å². The van der Waals surface area contributed by atoms with Gasteiger partial charge in [0.2, 0.25) is 0 Å². The summed E-state index contributed by atoms with van der Waals surface area (Å²) in [5.74, 6) is -0.357. The Morgan fingerprint density at radius 3 is 2.79 bits per heavy atom. The van der Waals surface area contributed by atoms with E-state index in [1.807, 2.05) is 0 Å². The summed E-state index contributed by atoms with van der Waals surface area (Å²) in [6.45, 7) is 0.487. The second kappa shape index (κ2) is 7.08. The van der Waals surface area contributed by atoms with Crippen LogP contribution in [0.4, 0.5) is 13.2 Å². The normalized spacial score (nSPS) is 23.3. The zero-order valence-corrected chi connectivity index (χ0v) is 14.6. The number of hydrogen-bond acceptors (Lipinski definition) is 5. The van der Waals surface area contributed by atoms with Gasteiger partial charge in [-0.3, -0.25) is 9.80 Å². The van der Waals surface area contributed by atoms with Crippen molar-refractivity contribution in [3.8, 4) is 0 Å². The van der Waals surface area contributed by atoms with Crippen LogP contribution >= 0.6 is 0 Å². The number of carbonyl (C=O) groups is 1. The molecule has 4 rings (SSSR count). The van der Waals surface area contributed by atoms with Gasteiger partial charge in [-0.25, -0.2) is 5.43 Å². The Balaban J connectivity index is 1.54. The molecule has 0 saturated heterocycles. The van der Waals surface area contributed by atoms with Crippen molar-refractivity contribution < 1.29 is 18.0 Å². The van der Waals surface area contributed by atoms with E-state index in [1.54, 1.807) is 47.8 Å². The Kier molecular flexibility index (Phi) is 4.60. The fourth-order valence-corrected chi connectivity index (χ4v) is 3.29. The summed E-state index contributed by atoms with van der Waals surface area (Å²) in [6.07, 6.45) is 5.44. The lowest BCUT2D eigenvalue weighted by Crippen LogP contribution is -2.51. The highest BCUT2D eigenvalue weighted by atomic mass is 19.4. The molecule has 1 aromatic carbocycles. The van der Waals surface area contributed by atoms with Crippen molar-refractivity contribution in [1.82, 2.24) is 26.4 Å². The van der Waals surface area contributed by atoms with Crippen molar-refractivity contribution >= 4 is 5.91 Å². The van der Waals surface area contributed by atoms with Gasteiger partial charge in [-0.2, -0.15) is 13.2 Å². The Morgan fingerprint density at radius 2 is 2.04 bits per heavy atom. The average molecular weight is 389 g/mol. The number of rotatable bonds is 3. The van der Waals surface area contributed by atoms with E-state index in [0.717, 1.165) is 6.07 Å². The third-order valence-electron chi connectivity index (χ3n) is 4.60. The zero-order valence-electron chi connectivity index (χ0n) is 14.6. The first-order valence-electron chi connectivity index (χ1n) is 8.70.